The maximum absolute atomic E-state index is 12.3. The molecule has 0 aliphatic heterocycles. The third-order valence-corrected chi connectivity index (χ3v) is 3.84. The zero-order chi connectivity index (χ0) is 15.1. The second kappa shape index (κ2) is 5.00. The molecular weight excluding hydrogens is 290 g/mol. The molecule has 21 heavy (non-hydrogen) atoms. The third kappa shape index (κ3) is 2.23. The number of benzene rings is 1. The zero-order valence-corrected chi connectivity index (χ0v) is 12.7. The highest BCUT2D eigenvalue weighted by Gasteiger charge is 2.18. The van der Waals surface area contributed by atoms with Crippen molar-refractivity contribution in [1.82, 2.24) is 15.1 Å². The molecule has 1 aromatic carbocycles. The van der Waals surface area contributed by atoms with Gasteiger partial charge in [0.05, 0.1) is 10.5 Å². The molecule has 0 saturated heterocycles. The van der Waals surface area contributed by atoms with Gasteiger partial charge in [0.15, 0.2) is 5.82 Å². The second-order valence-electron chi connectivity index (χ2n) is 4.95. The zero-order valence-electron chi connectivity index (χ0n) is 12.0. The van der Waals surface area contributed by atoms with E-state index in [4.69, 9.17) is 16.1 Å². The number of halogens is 1. The Hall–Kier alpha value is -2.14. The number of hydrogen-bond acceptors (Lipinski definition) is 4. The molecule has 2 heterocycles. The summed E-state index contributed by atoms with van der Waals surface area (Å²) in [5, 5.41) is 5.17. The molecule has 0 saturated carbocycles. The lowest BCUT2D eigenvalue weighted by Gasteiger charge is -2.09. The van der Waals surface area contributed by atoms with Crippen LogP contribution in [0.3, 0.4) is 0 Å². The summed E-state index contributed by atoms with van der Waals surface area (Å²) in [5.41, 5.74) is 2.64. The molecule has 0 spiro atoms. The molecule has 0 amide bonds. The highest BCUT2D eigenvalue weighted by Crippen LogP contribution is 2.29. The highest BCUT2D eigenvalue weighted by molar-refractivity contribution is 6.35. The van der Waals surface area contributed by atoms with E-state index in [1.54, 1.807) is 6.92 Å². The lowest BCUT2D eigenvalue weighted by Crippen LogP contribution is -2.12. The average molecular weight is 304 g/mol. The van der Waals surface area contributed by atoms with Crippen molar-refractivity contribution in [3.05, 3.63) is 44.5 Å². The van der Waals surface area contributed by atoms with Crippen molar-refractivity contribution in [2.45, 2.75) is 27.2 Å². The smallest absolute Gasteiger partial charge is 0.263 e. The van der Waals surface area contributed by atoms with Crippen LogP contribution in [0.1, 0.15) is 23.9 Å². The van der Waals surface area contributed by atoms with Crippen molar-refractivity contribution in [3.63, 3.8) is 0 Å². The molecule has 0 bridgehead atoms. The molecule has 0 atom stereocenters. The van der Waals surface area contributed by atoms with Gasteiger partial charge in [0, 0.05) is 5.39 Å². The predicted octanol–water partition coefficient (Wildman–Crippen LogP) is 3.41. The summed E-state index contributed by atoms with van der Waals surface area (Å²) in [6, 6.07) is 3.90. The van der Waals surface area contributed by atoms with E-state index in [0.29, 0.717) is 21.9 Å². The van der Waals surface area contributed by atoms with Crippen LogP contribution in [0, 0.1) is 13.8 Å². The van der Waals surface area contributed by atoms with E-state index in [9.17, 15) is 4.79 Å². The number of hydrogen-bond donors (Lipinski definition) is 1. The first-order valence-electron chi connectivity index (χ1n) is 6.67. The van der Waals surface area contributed by atoms with Crippen LogP contribution in [-0.2, 0) is 6.42 Å². The van der Waals surface area contributed by atoms with Gasteiger partial charge in [-0.15, -0.1) is 0 Å². The van der Waals surface area contributed by atoms with Crippen LogP contribution in [0.25, 0.3) is 22.4 Å². The van der Waals surface area contributed by atoms with Crippen molar-refractivity contribution in [1.29, 1.82) is 0 Å². The first-order chi connectivity index (χ1) is 10.0. The number of nitrogens with zero attached hydrogens (tertiary/aromatic N) is 2. The summed E-state index contributed by atoms with van der Waals surface area (Å²) >= 11 is 6.27. The molecule has 0 radical (unpaired) electrons. The van der Waals surface area contributed by atoms with Gasteiger partial charge in [0.2, 0.25) is 0 Å². The van der Waals surface area contributed by atoms with Gasteiger partial charge >= 0.3 is 0 Å². The Balaban J connectivity index is 2.40. The lowest BCUT2D eigenvalue weighted by molar-refractivity contribution is 0.425. The van der Waals surface area contributed by atoms with Crippen molar-refractivity contribution < 1.29 is 4.52 Å². The number of aromatic amines is 1. The van der Waals surface area contributed by atoms with Gasteiger partial charge in [-0.1, -0.05) is 23.7 Å². The number of H-pyrrole nitrogens is 1. The number of fused-ring (bicyclic) bond motifs is 1. The summed E-state index contributed by atoms with van der Waals surface area (Å²) in [7, 11) is 0. The maximum Gasteiger partial charge on any atom is 0.263 e. The summed E-state index contributed by atoms with van der Waals surface area (Å²) < 4.78 is 5.13. The fourth-order valence-corrected chi connectivity index (χ4v) is 2.72. The second-order valence-corrected chi connectivity index (χ2v) is 5.36. The Bertz CT molecular complexity index is 896. The van der Waals surface area contributed by atoms with Crippen molar-refractivity contribution in [2.24, 2.45) is 0 Å². The first kappa shape index (κ1) is 13.8. The van der Waals surface area contributed by atoms with E-state index in [2.05, 4.69) is 22.0 Å². The number of aromatic nitrogens is 3. The van der Waals surface area contributed by atoms with Crippen LogP contribution >= 0.6 is 11.6 Å². The summed E-state index contributed by atoms with van der Waals surface area (Å²) in [6.45, 7) is 5.63. The molecule has 108 valence electrons. The summed E-state index contributed by atoms with van der Waals surface area (Å²) in [6.07, 6.45) is 0.864. The number of pyridine rings is 1. The maximum atomic E-state index is 12.3. The molecule has 0 aliphatic carbocycles. The number of rotatable bonds is 2. The van der Waals surface area contributed by atoms with E-state index in [0.717, 1.165) is 22.9 Å². The van der Waals surface area contributed by atoms with Crippen LogP contribution in [-0.4, -0.2) is 15.1 Å². The van der Waals surface area contributed by atoms with E-state index in [1.807, 2.05) is 19.1 Å². The van der Waals surface area contributed by atoms with Crippen LogP contribution < -0.4 is 5.56 Å². The monoisotopic (exact) mass is 303 g/mol. The Morgan fingerprint density at radius 3 is 2.71 bits per heavy atom. The van der Waals surface area contributed by atoms with Crippen LogP contribution in [0.4, 0.5) is 0 Å². The first-order valence-corrected chi connectivity index (χ1v) is 7.04. The topological polar surface area (TPSA) is 71.8 Å². The quantitative estimate of drug-likeness (QED) is 0.787. The minimum atomic E-state index is -0.283. The van der Waals surface area contributed by atoms with Gasteiger partial charge in [-0.25, -0.2) is 0 Å². The van der Waals surface area contributed by atoms with Crippen LogP contribution in [0.5, 0.6) is 0 Å². The lowest BCUT2D eigenvalue weighted by atomic mass is 10.0. The highest BCUT2D eigenvalue weighted by atomic mass is 35.5. The van der Waals surface area contributed by atoms with Crippen LogP contribution in [0.2, 0.25) is 5.02 Å². The fraction of sp³-hybridized carbons (Fsp3) is 0.267. The Morgan fingerprint density at radius 2 is 2.10 bits per heavy atom. The Kier molecular flexibility index (Phi) is 3.29. The molecule has 0 fully saturated rings. The molecule has 3 aromatic rings. The minimum Gasteiger partial charge on any atom is -0.334 e. The van der Waals surface area contributed by atoms with Gasteiger partial charge < -0.3 is 9.51 Å². The summed E-state index contributed by atoms with van der Waals surface area (Å²) in [5.74, 6) is 0.718. The average Bonchev–Trinajstić information content (AvgIpc) is 2.86. The van der Waals surface area contributed by atoms with Crippen molar-refractivity contribution in [2.75, 3.05) is 0 Å². The molecule has 0 aliphatic rings. The normalized spacial score (nSPS) is 11.2. The summed E-state index contributed by atoms with van der Waals surface area (Å²) in [4.78, 5) is 19.3. The van der Waals surface area contributed by atoms with Gasteiger partial charge in [0.1, 0.15) is 5.56 Å². The van der Waals surface area contributed by atoms with Gasteiger partial charge in [-0.05, 0) is 43.5 Å². The number of aryl methyl sites for hydroxylation is 3. The Morgan fingerprint density at radius 1 is 1.33 bits per heavy atom. The molecule has 1 N–H and O–H groups in total. The van der Waals surface area contributed by atoms with Crippen LogP contribution in [0.15, 0.2) is 21.5 Å². The third-order valence-electron chi connectivity index (χ3n) is 3.54. The van der Waals surface area contributed by atoms with Crippen molar-refractivity contribution in [3.8, 4) is 11.5 Å². The fourth-order valence-electron chi connectivity index (χ4n) is 2.43. The largest absolute Gasteiger partial charge is 0.334 e. The molecule has 0 unspecified atom stereocenters. The van der Waals surface area contributed by atoms with Gasteiger partial charge in [-0.2, -0.15) is 4.98 Å². The van der Waals surface area contributed by atoms with Gasteiger partial charge in [0.25, 0.3) is 11.4 Å². The Labute approximate surface area is 125 Å². The minimum absolute atomic E-state index is 0.228. The standard InChI is InChI=1S/C15H14ClN3O2/c1-4-9-5-10-7(2)12(15-17-8(3)19-21-15)14(20)18-13(10)11(16)6-9/h5-6H,4H2,1-3H3,(H,18,20). The van der Waals surface area contributed by atoms with Crippen molar-refractivity contribution >= 4 is 22.5 Å². The van der Waals surface area contributed by atoms with E-state index < -0.39 is 0 Å². The van der Waals surface area contributed by atoms with Gasteiger partial charge in [-0.3, -0.25) is 4.79 Å². The molecule has 3 rings (SSSR count). The molecule has 2 aromatic heterocycles. The molecular formula is C15H14ClN3O2. The molecule has 6 heteroatoms. The van der Waals surface area contributed by atoms with E-state index >= 15 is 0 Å². The van der Waals surface area contributed by atoms with E-state index in [1.165, 1.54) is 0 Å². The number of nitrogens with one attached hydrogen (secondary N) is 1. The predicted molar refractivity (Wildman–Crippen MR) is 81.7 cm³/mol. The van der Waals surface area contributed by atoms with E-state index in [-0.39, 0.29) is 11.4 Å². The SMILES string of the molecule is CCc1cc(Cl)c2[nH]c(=O)c(-c3nc(C)no3)c(C)c2c1. The molecule has 5 nitrogen and oxygen atoms in total.